The standard InChI is InChI=1S/C19H18Cl2N6/c1-11-17(19-22-10-24-26(19)13-3-2-4-13)18(27-16(25-11)7-8-23-27)12-5-6-14(20)15(21)9-12/h5-10,13,18,25H,2-4H2,1H3/t18-/m1/s1. The van der Waals surface area contributed by atoms with Gasteiger partial charge in [0, 0.05) is 17.3 Å². The zero-order chi connectivity index (χ0) is 18.5. The normalized spacial score (nSPS) is 19.6. The van der Waals surface area contributed by atoms with Crippen molar-refractivity contribution in [2.24, 2.45) is 0 Å². The van der Waals surface area contributed by atoms with Gasteiger partial charge in [0.1, 0.15) is 18.2 Å². The van der Waals surface area contributed by atoms with Crippen molar-refractivity contribution < 1.29 is 0 Å². The van der Waals surface area contributed by atoms with Gasteiger partial charge in [0.05, 0.1) is 22.3 Å². The Morgan fingerprint density at radius 2 is 1.93 bits per heavy atom. The number of fused-ring (bicyclic) bond motifs is 1. The molecule has 0 amide bonds. The van der Waals surface area contributed by atoms with E-state index in [-0.39, 0.29) is 6.04 Å². The lowest BCUT2D eigenvalue weighted by atomic mass is 9.91. The molecule has 1 fully saturated rings. The van der Waals surface area contributed by atoms with Gasteiger partial charge in [-0.15, -0.1) is 0 Å². The van der Waals surface area contributed by atoms with Crippen molar-refractivity contribution >= 4 is 34.6 Å². The number of anilines is 1. The zero-order valence-corrected chi connectivity index (χ0v) is 16.2. The lowest BCUT2D eigenvalue weighted by Gasteiger charge is -2.32. The summed E-state index contributed by atoms with van der Waals surface area (Å²) in [7, 11) is 0. The van der Waals surface area contributed by atoms with Crippen LogP contribution >= 0.6 is 23.2 Å². The second-order valence-corrected chi connectivity index (χ2v) is 7.83. The Morgan fingerprint density at radius 3 is 2.67 bits per heavy atom. The highest BCUT2D eigenvalue weighted by Gasteiger charge is 2.34. The van der Waals surface area contributed by atoms with E-state index in [1.807, 2.05) is 28.9 Å². The summed E-state index contributed by atoms with van der Waals surface area (Å²) in [6, 6.07) is 7.94. The smallest absolute Gasteiger partial charge is 0.158 e. The fourth-order valence-electron chi connectivity index (χ4n) is 3.83. The predicted molar refractivity (Wildman–Crippen MR) is 106 cm³/mol. The molecular weight excluding hydrogens is 383 g/mol. The topological polar surface area (TPSA) is 60.6 Å². The van der Waals surface area contributed by atoms with Crippen molar-refractivity contribution in [1.29, 1.82) is 0 Å². The van der Waals surface area contributed by atoms with Crippen LogP contribution in [0.5, 0.6) is 0 Å². The number of hydrogen-bond donors (Lipinski definition) is 1. The molecule has 1 aromatic carbocycles. The van der Waals surface area contributed by atoms with Crippen LogP contribution < -0.4 is 5.32 Å². The Morgan fingerprint density at radius 1 is 1.07 bits per heavy atom. The van der Waals surface area contributed by atoms with Gasteiger partial charge in [-0.3, -0.25) is 0 Å². The molecular formula is C19H18Cl2N6. The lowest BCUT2D eigenvalue weighted by Crippen LogP contribution is -2.27. The molecule has 1 aliphatic carbocycles. The number of nitrogens with one attached hydrogen (secondary N) is 1. The third-order valence-electron chi connectivity index (χ3n) is 5.40. The number of hydrogen-bond acceptors (Lipinski definition) is 4. The van der Waals surface area contributed by atoms with Crippen LogP contribution in [0.2, 0.25) is 10.0 Å². The second-order valence-electron chi connectivity index (χ2n) is 7.01. The zero-order valence-electron chi connectivity index (χ0n) is 14.7. The average Bonchev–Trinajstić information content (AvgIpc) is 3.24. The van der Waals surface area contributed by atoms with Crippen LogP contribution in [0.25, 0.3) is 5.57 Å². The summed E-state index contributed by atoms with van der Waals surface area (Å²) < 4.78 is 4.02. The van der Waals surface area contributed by atoms with Gasteiger partial charge in [-0.25, -0.2) is 14.3 Å². The van der Waals surface area contributed by atoms with E-state index in [0.717, 1.165) is 41.3 Å². The molecule has 0 saturated heterocycles. The molecule has 3 aromatic rings. The third-order valence-corrected chi connectivity index (χ3v) is 6.14. The van der Waals surface area contributed by atoms with E-state index in [9.17, 15) is 0 Å². The molecule has 1 N–H and O–H groups in total. The Kier molecular flexibility index (Phi) is 3.98. The maximum Gasteiger partial charge on any atom is 0.158 e. The molecule has 0 radical (unpaired) electrons. The van der Waals surface area contributed by atoms with Gasteiger partial charge < -0.3 is 5.32 Å². The fourth-order valence-corrected chi connectivity index (χ4v) is 4.13. The quantitative estimate of drug-likeness (QED) is 0.675. The van der Waals surface area contributed by atoms with Crippen molar-refractivity contribution in [3.8, 4) is 0 Å². The van der Waals surface area contributed by atoms with Crippen molar-refractivity contribution in [2.75, 3.05) is 5.32 Å². The molecule has 1 atom stereocenters. The van der Waals surface area contributed by atoms with Gasteiger partial charge >= 0.3 is 0 Å². The van der Waals surface area contributed by atoms with Crippen LogP contribution in [0.3, 0.4) is 0 Å². The molecule has 2 aliphatic rings. The molecule has 8 heteroatoms. The number of allylic oxidation sites excluding steroid dienone is 2. The maximum absolute atomic E-state index is 6.33. The second kappa shape index (κ2) is 6.39. The monoisotopic (exact) mass is 400 g/mol. The number of rotatable bonds is 3. The molecule has 5 rings (SSSR count). The van der Waals surface area contributed by atoms with Gasteiger partial charge in [0.25, 0.3) is 0 Å². The molecule has 0 bridgehead atoms. The molecule has 0 unspecified atom stereocenters. The SMILES string of the molecule is CC1=C(c2ncnn2C2CCC2)[C@@H](c2ccc(Cl)c(Cl)c2)n2nccc2N1. The largest absolute Gasteiger partial charge is 0.344 e. The minimum Gasteiger partial charge on any atom is -0.344 e. The fraction of sp³-hybridized carbons (Fsp3) is 0.316. The van der Waals surface area contributed by atoms with Crippen LogP contribution in [0.15, 0.2) is 42.5 Å². The van der Waals surface area contributed by atoms with Crippen LogP contribution in [0, 0.1) is 0 Å². The van der Waals surface area contributed by atoms with Crippen LogP contribution in [0.4, 0.5) is 5.82 Å². The Balaban J connectivity index is 1.70. The summed E-state index contributed by atoms with van der Waals surface area (Å²) in [5.74, 6) is 1.81. The molecule has 1 saturated carbocycles. The van der Waals surface area contributed by atoms with Gasteiger partial charge in [0.2, 0.25) is 0 Å². The average molecular weight is 401 g/mol. The molecule has 27 heavy (non-hydrogen) atoms. The highest BCUT2D eigenvalue weighted by molar-refractivity contribution is 6.42. The first-order valence-electron chi connectivity index (χ1n) is 8.99. The van der Waals surface area contributed by atoms with E-state index in [0.29, 0.717) is 16.1 Å². The summed E-state index contributed by atoms with van der Waals surface area (Å²) in [5, 5.41) is 13.6. The van der Waals surface area contributed by atoms with E-state index in [1.165, 1.54) is 6.42 Å². The molecule has 0 spiro atoms. The molecule has 3 heterocycles. The number of nitrogens with zero attached hydrogens (tertiary/aromatic N) is 5. The third kappa shape index (κ3) is 2.66. The van der Waals surface area contributed by atoms with Crippen molar-refractivity contribution in [2.45, 2.75) is 38.3 Å². The Hall–Kier alpha value is -2.31. The van der Waals surface area contributed by atoms with E-state index in [2.05, 4.69) is 32.1 Å². The van der Waals surface area contributed by atoms with Gasteiger partial charge in [0.15, 0.2) is 5.82 Å². The van der Waals surface area contributed by atoms with Crippen LogP contribution in [0.1, 0.15) is 49.7 Å². The first-order valence-corrected chi connectivity index (χ1v) is 9.75. The van der Waals surface area contributed by atoms with Gasteiger partial charge in [-0.1, -0.05) is 29.3 Å². The summed E-state index contributed by atoms with van der Waals surface area (Å²) in [4.78, 5) is 4.62. The number of halogens is 2. The van der Waals surface area contributed by atoms with Crippen LogP contribution in [-0.2, 0) is 0 Å². The minimum atomic E-state index is -0.158. The summed E-state index contributed by atoms with van der Waals surface area (Å²) in [6.45, 7) is 2.07. The number of aromatic nitrogens is 5. The highest BCUT2D eigenvalue weighted by Crippen LogP contribution is 2.43. The minimum absolute atomic E-state index is 0.158. The molecule has 138 valence electrons. The summed E-state index contributed by atoms with van der Waals surface area (Å²) >= 11 is 12.5. The van der Waals surface area contributed by atoms with Gasteiger partial charge in [-0.05, 0) is 43.9 Å². The molecule has 2 aromatic heterocycles. The Labute approximate surface area is 166 Å². The first-order chi connectivity index (χ1) is 13.1. The van der Waals surface area contributed by atoms with E-state index in [4.69, 9.17) is 23.2 Å². The van der Waals surface area contributed by atoms with E-state index < -0.39 is 0 Å². The van der Waals surface area contributed by atoms with E-state index in [1.54, 1.807) is 12.5 Å². The molecule has 1 aliphatic heterocycles. The summed E-state index contributed by atoms with van der Waals surface area (Å²) in [5.41, 5.74) is 3.09. The molecule has 6 nitrogen and oxygen atoms in total. The first kappa shape index (κ1) is 16.8. The van der Waals surface area contributed by atoms with Crippen molar-refractivity contribution in [3.05, 3.63) is 63.9 Å². The van der Waals surface area contributed by atoms with Crippen molar-refractivity contribution in [1.82, 2.24) is 24.5 Å². The van der Waals surface area contributed by atoms with Crippen LogP contribution in [-0.4, -0.2) is 24.5 Å². The van der Waals surface area contributed by atoms with Crippen molar-refractivity contribution in [3.63, 3.8) is 0 Å². The maximum atomic E-state index is 6.33. The highest BCUT2D eigenvalue weighted by atomic mass is 35.5. The number of benzene rings is 1. The summed E-state index contributed by atoms with van der Waals surface area (Å²) in [6.07, 6.45) is 6.94. The Bertz CT molecular complexity index is 1050. The van der Waals surface area contributed by atoms with E-state index >= 15 is 0 Å². The predicted octanol–water partition coefficient (Wildman–Crippen LogP) is 4.95. The van der Waals surface area contributed by atoms with Gasteiger partial charge in [-0.2, -0.15) is 10.2 Å². The lowest BCUT2D eigenvalue weighted by molar-refractivity contribution is 0.286.